The largest absolute Gasteiger partial charge is 0.497 e. The first-order valence-corrected chi connectivity index (χ1v) is 11.4. The fourth-order valence-electron chi connectivity index (χ4n) is 5.84. The Kier molecular flexibility index (Phi) is 5.40. The van der Waals surface area contributed by atoms with Gasteiger partial charge in [0.05, 0.1) is 30.6 Å². The number of halogens is 2. The number of nitriles is 1. The molecule has 8 heteroatoms. The predicted octanol–water partition coefficient (Wildman–Crippen LogP) is 4.94. The standard InChI is InChI=1S/C26H26F2N4O2/c1-15-23(30)32-26(31-15)22-12-17(19-9-16(14-29)10-21(11-19)33-2)3-4-18(22)13-25(26)7-5-20(6-8-25)34-24(27)28/h3-4,9-12,20,24H,5-8,13H2,1-2H3,(H2,30,32)/t20-,25-,26?. The summed E-state index contributed by atoms with van der Waals surface area (Å²) in [6, 6.07) is 13.8. The van der Waals surface area contributed by atoms with E-state index < -0.39 is 18.4 Å². The molecule has 0 saturated heterocycles. The molecule has 2 N–H and O–H groups in total. The summed E-state index contributed by atoms with van der Waals surface area (Å²) in [6.45, 7) is -0.909. The number of nitrogens with zero attached hydrogens (tertiary/aromatic N) is 3. The molecule has 0 bridgehead atoms. The molecule has 5 rings (SSSR count). The maximum atomic E-state index is 12.8. The molecule has 0 amide bonds. The Hall–Kier alpha value is -3.31. The fourth-order valence-corrected chi connectivity index (χ4v) is 5.84. The van der Waals surface area contributed by atoms with Crippen molar-refractivity contribution in [3.8, 4) is 22.9 Å². The van der Waals surface area contributed by atoms with Crippen molar-refractivity contribution in [1.82, 2.24) is 0 Å². The van der Waals surface area contributed by atoms with Crippen molar-refractivity contribution >= 4 is 11.5 Å². The first-order valence-electron chi connectivity index (χ1n) is 11.4. The second-order valence-corrected chi connectivity index (χ2v) is 9.35. The fraction of sp³-hybridized carbons (Fsp3) is 0.423. The van der Waals surface area contributed by atoms with Crippen molar-refractivity contribution in [1.29, 1.82) is 5.26 Å². The van der Waals surface area contributed by atoms with Gasteiger partial charge in [0.2, 0.25) is 0 Å². The van der Waals surface area contributed by atoms with Crippen LogP contribution in [-0.4, -0.2) is 31.4 Å². The molecule has 1 fully saturated rings. The lowest BCUT2D eigenvalue weighted by atomic mass is 9.65. The third kappa shape index (κ3) is 3.46. The average molecular weight is 465 g/mol. The molecule has 1 atom stereocenters. The Balaban J connectivity index is 1.59. The van der Waals surface area contributed by atoms with Gasteiger partial charge in [0.1, 0.15) is 11.6 Å². The highest BCUT2D eigenvalue weighted by Gasteiger charge is 2.60. The van der Waals surface area contributed by atoms with Gasteiger partial charge >= 0.3 is 6.61 Å². The summed E-state index contributed by atoms with van der Waals surface area (Å²) in [6.07, 6.45) is 2.67. The van der Waals surface area contributed by atoms with Gasteiger partial charge in [-0.1, -0.05) is 12.1 Å². The molecule has 1 unspecified atom stereocenters. The van der Waals surface area contributed by atoms with Crippen LogP contribution in [0.1, 0.15) is 49.3 Å². The summed E-state index contributed by atoms with van der Waals surface area (Å²) < 4.78 is 35.8. The topological polar surface area (TPSA) is 93.0 Å². The summed E-state index contributed by atoms with van der Waals surface area (Å²) in [7, 11) is 1.57. The van der Waals surface area contributed by atoms with Crippen LogP contribution in [0.5, 0.6) is 5.75 Å². The van der Waals surface area contributed by atoms with Gasteiger partial charge in [-0.3, -0.25) is 4.99 Å². The second-order valence-electron chi connectivity index (χ2n) is 9.35. The third-order valence-corrected chi connectivity index (χ3v) is 7.53. The number of hydrogen-bond donors (Lipinski definition) is 1. The summed E-state index contributed by atoms with van der Waals surface area (Å²) in [5.74, 6) is 1.02. The monoisotopic (exact) mass is 464 g/mol. The lowest BCUT2D eigenvalue weighted by Gasteiger charge is -2.44. The maximum Gasteiger partial charge on any atom is 0.345 e. The quantitative estimate of drug-likeness (QED) is 0.693. The first-order chi connectivity index (χ1) is 16.3. The maximum absolute atomic E-state index is 12.8. The van der Waals surface area contributed by atoms with E-state index >= 15 is 0 Å². The molecule has 0 aromatic heterocycles. The minimum Gasteiger partial charge on any atom is -0.497 e. The Labute approximate surface area is 197 Å². The molecule has 3 aliphatic rings. The molecule has 2 spiro atoms. The molecule has 6 nitrogen and oxygen atoms in total. The lowest BCUT2D eigenvalue weighted by molar-refractivity contribution is -0.177. The van der Waals surface area contributed by atoms with E-state index in [1.54, 1.807) is 13.2 Å². The normalized spacial score (nSPS) is 27.6. The molecule has 2 aromatic rings. The lowest BCUT2D eigenvalue weighted by Crippen LogP contribution is -2.43. The Morgan fingerprint density at radius 2 is 1.88 bits per heavy atom. The number of aliphatic imine (C=N–C) groups is 2. The van der Waals surface area contributed by atoms with Gasteiger partial charge in [-0.15, -0.1) is 0 Å². The van der Waals surface area contributed by atoms with Crippen LogP contribution < -0.4 is 10.5 Å². The molecular formula is C26H26F2N4O2. The SMILES string of the molecule is COc1cc(C#N)cc(-c2ccc3c(c2)C2(N=C(C)C(N)=N2)[C@]2(CC[C@H](OC(F)F)CC2)C3)c1. The van der Waals surface area contributed by atoms with E-state index in [9.17, 15) is 14.0 Å². The van der Waals surface area contributed by atoms with Gasteiger partial charge in [-0.25, -0.2) is 4.99 Å². The summed E-state index contributed by atoms with van der Waals surface area (Å²) in [5, 5.41) is 9.44. The number of alkyl halides is 2. The van der Waals surface area contributed by atoms with Crippen LogP contribution in [0, 0.1) is 16.7 Å². The predicted molar refractivity (Wildman–Crippen MR) is 125 cm³/mol. The number of methoxy groups -OCH3 is 1. The number of benzene rings is 2. The van der Waals surface area contributed by atoms with Crippen LogP contribution in [0.25, 0.3) is 11.1 Å². The number of nitrogens with two attached hydrogens (primary N) is 1. The number of hydrogen-bond acceptors (Lipinski definition) is 6. The molecule has 1 saturated carbocycles. The van der Waals surface area contributed by atoms with Crippen LogP contribution in [0.4, 0.5) is 8.78 Å². The third-order valence-electron chi connectivity index (χ3n) is 7.53. The molecular weight excluding hydrogens is 438 g/mol. The number of ether oxygens (including phenoxy) is 2. The van der Waals surface area contributed by atoms with Crippen molar-refractivity contribution in [3.63, 3.8) is 0 Å². The Morgan fingerprint density at radius 3 is 2.50 bits per heavy atom. The van der Waals surface area contributed by atoms with Crippen LogP contribution in [0.15, 0.2) is 46.4 Å². The molecule has 176 valence electrons. The van der Waals surface area contributed by atoms with Gasteiger partial charge < -0.3 is 15.2 Å². The highest BCUT2D eigenvalue weighted by atomic mass is 19.3. The summed E-state index contributed by atoms with van der Waals surface area (Å²) in [4.78, 5) is 9.96. The van der Waals surface area contributed by atoms with E-state index in [1.165, 1.54) is 0 Å². The van der Waals surface area contributed by atoms with Crippen LogP contribution in [-0.2, 0) is 16.8 Å². The number of fused-ring (bicyclic) bond motifs is 3. The van der Waals surface area contributed by atoms with E-state index in [-0.39, 0.29) is 5.41 Å². The molecule has 2 aromatic carbocycles. The zero-order valence-electron chi connectivity index (χ0n) is 19.1. The van der Waals surface area contributed by atoms with E-state index in [0.29, 0.717) is 48.5 Å². The molecule has 2 aliphatic carbocycles. The van der Waals surface area contributed by atoms with Gasteiger partial charge in [-0.2, -0.15) is 14.0 Å². The van der Waals surface area contributed by atoms with E-state index in [2.05, 4.69) is 18.2 Å². The van der Waals surface area contributed by atoms with E-state index in [4.69, 9.17) is 25.2 Å². The number of rotatable bonds is 4. The highest BCUT2D eigenvalue weighted by Crippen LogP contribution is 2.62. The Morgan fingerprint density at radius 1 is 1.12 bits per heavy atom. The molecule has 1 aliphatic heterocycles. The summed E-state index contributed by atoms with van der Waals surface area (Å²) >= 11 is 0. The summed E-state index contributed by atoms with van der Waals surface area (Å²) in [5.41, 5.74) is 10.1. The smallest absolute Gasteiger partial charge is 0.345 e. The van der Waals surface area contributed by atoms with E-state index in [0.717, 1.165) is 28.7 Å². The second kappa shape index (κ2) is 8.17. The highest BCUT2D eigenvalue weighted by molar-refractivity contribution is 6.41. The molecule has 1 heterocycles. The minimum atomic E-state index is -2.77. The van der Waals surface area contributed by atoms with Crippen molar-refractivity contribution in [2.75, 3.05) is 7.11 Å². The van der Waals surface area contributed by atoms with Gasteiger partial charge in [-0.05, 0) is 80.0 Å². The van der Waals surface area contributed by atoms with Crippen LogP contribution in [0.2, 0.25) is 0 Å². The van der Waals surface area contributed by atoms with Gasteiger partial charge in [0.15, 0.2) is 5.66 Å². The van der Waals surface area contributed by atoms with E-state index in [1.807, 2.05) is 25.1 Å². The van der Waals surface area contributed by atoms with Crippen molar-refractivity contribution < 1.29 is 18.3 Å². The van der Waals surface area contributed by atoms with Crippen LogP contribution in [0.3, 0.4) is 0 Å². The molecule has 34 heavy (non-hydrogen) atoms. The Bertz CT molecular complexity index is 1220. The zero-order chi connectivity index (χ0) is 24.1. The minimum absolute atomic E-state index is 0.343. The number of amidine groups is 1. The van der Waals surface area contributed by atoms with Crippen molar-refractivity contribution in [2.24, 2.45) is 21.1 Å². The van der Waals surface area contributed by atoms with Crippen LogP contribution >= 0.6 is 0 Å². The van der Waals surface area contributed by atoms with Gasteiger partial charge in [0.25, 0.3) is 0 Å². The zero-order valence-corrected chi connectivity index (χ0v) is 19.1. The van der Waals surface area contributed by atoms with Crippen molar-refractivity contribution in [3.05, 3.63) is 53.1 Å². The van der Waals surface area contributed by atoms with Gasteiger partial charge in [0, 0.05) is 11.0 Å². The van der Waals surface area contributed by atoms with Crippen molar-refractivity contribution in [2.45, 2.75) is 57.4 Å². The average Bonchev–Trinajstić information content (AvgIpc) is 3.27. The molecule has 0 radical (unpaired) electrons. The first kappa shape index (κ1) is 22.5.